The number of aromatic nitrogens is 3. The van der Waals surface area contributed by atoms with Gasteiger partial charge < -0.3 is 10.2 Å². The van der Waals surface area contributed by atoms with Crippen molar-refractivity contribution in [2.75, 3.05) is 31.1 Å². The minimum atomic E-state index is -0.173. The van der Waals surface area contributed by atoms with Gasteiger partial charge in [0.2, 0.25) is 5.91 Å². The van der Waals surface area contributed by atoms with Crippen LogP contribution < -0.4 is 10.2 Å². The Labute approximate surface area is 133 Å². The van der Waals surface area contributed by atoms with Gasteiger partial charge in [-0.3, -0.25) is 14.4 Å². The van der Waals surface area contributed by atoms with E-state index in [4.69, 9.17) is 0 Å². The fraction of sp³-hybridized carbons (Fsp3) is 0.333. The van der Waals surface area contributed by atoms with Crippen molar-refractivity contribution in [1.29, 1.82) is 0 Å². The number of amides is 3. The van der Waals surface area contributed by atoms with Gasteiger partial charge in [-0.2, -0.15) is 5.10 Å². The predicted molar refractivity (Wildman–Crippen MR) is 83.8 cm³/mol. The highest BCUT2D eigenvalue weighted by molar-refractivity contribution is 5.96. The molecule has 2 heterocycles. The fourth-order valence-corrected chi connectivity index (χ4v) is 2.46. The second kappa shape index (κ2) is 6.91. The van der Waals surface area contributed by atoms with Gasteiger partial charge in [0.1, 0.15) is 19.2 Å². The van der Waals surface area contributed by atoms with Gasteiger partial charge in [-0.25, -0.2) is 9.78 Å². The van der Waals surface area contributed by atoms with Gasteiger partial charge in [0.25, 0.3) is 0 Å². The Hall–Kier alpha value is -2.90. The molecule has 120 valence electrons. The van der Waals surface area contributed by atoms with Gasteiger partial charge in [0, 0.05) is 25.3 Å². The van der Waals surface area contributed by atoms with Crippen LogP contribution in [0.25, 0.3) is 0 Å². The molecule has 23 heavy (non-hydrogen) atoms. The van der Waals surface area contributed by atoms with Crippen LogP contribution in [-0.4, -0.2) is 57.8 Å². The van der Waals surface area contributed by atoms with Crippen molar-refractivity contribution in [2.24, 2.45) is 0 Å². The van der Waals surface area contributed by atoms with Crippen molar-refractivity contribution in [3.8, 4) is 0 Å². The van der Waals surface area contributed by atoms with E-state index in [1.54, 1.807) is 20.8 Å². The van der Waals surface area contributed by atoms with E-state index in [9.17, 15) is 9.59 Å². The summed E-state index contributed by atoms with van der Waals surface area (Å²) in [6.45, 7) is 2.21. The van der Waals surface area contributed by atoms with E-state index in [0.717, 1.165) is 5.69 Å². The molecule has 1 saturated heterocycles. The van der Waals surface area contributed by atoms with Crippen LogP contribution >= 0.6 is 0 Å². The monoisotopic (exact) mass is 314 g/mol. The van der Waals surface area contributed by atoms with Crippen LogP contribution in [0.15, 0.2) is 43.0 Å². The molecule has 0 bridgehead atoms. The Morgan fingerprint density at radius 1 is 1.22 bits per heavy atom. The summed E-state index contributed by atoms with van der Waals surface area (Å²) in [6.07, 6.45) is 3.04. The Bertz CT molecular complexity index is 658. The van der Waals surface area contributed by atoms with Crippen molar-refractivity contribution >= 4 is 17.6 Å². The maximum Gasteiger partial charge on any atom is 0.325 e. The number of carbonyl (C=O) groups is 2. The molecule has 1 aromatic heterocycles. The molecule has 2 aromatic rings. The third-order valence-corrected chi connectivity index (χ3v) is 3.63. The molecular formula is C15H18N6O2. The molecule has 3 amide bonds. The minimum absolute atomic E-state index is 0.0690. The van der Waals surface area contributed by atoms with E-state index in [1.165, 1.54) is 6.33 Å². The molecule has 0 aliphatic carbocycles. The molecule has 1 N–H and O–H groups in total. The highest BCUT2D eigenvalue weighted by atomic mass is 16.2. The molecule has 1 aromatic carbocycles. The van der Waals surface area contributed by atoms with Crippen molar-refractivity contribution in [3.63, 3.8) is 0 Å². The number of carbonyl (C=O) groups excluding carboxylic acids is 2. The van der Waals surface area contributed by atoms with Crippen LogP contribution in [0.3, 0.4) is 0 Å². The number of hydrogen-bond acceptors (Lipinski definition) is 4. The topological polar surface area (TPSA) is 83.4 Å². The molecule has 1 aliphatic rings. The summed E-state index contributed by atoms with van der Waals surface area (Å²) in [6, 6.07) is 9.33. The second-order valence-corrected chi connectivity index (χ2v) is 5.20. The normalized spacial score (nSPS) is 14.3. The van der Waals surface area contributed by atoms with E-state index < -0.39 is 0 Å². The quantitative estimate of drug-likeness (QED) is 0.833. The Morgan fingerprint density at radius 2 is 2.04 bits per heavy atom. The van der Waals surface area contributed by atoms with Gasteiger partial charge in [-0.1, -0.05) is 18.2 Å². The number of para-hydroxylation sites is 1. The molecule has 0 radical (unpaired) electrons. The number of benzene rings is 1. The van der Waals surface area contributed by atoms with Crippen LogP contribution in [-0.2, 0) is 11.3 Å². The summed E-state index contributed by atoms with van der Waals surface area (Å²) in [5.41, 5.74) is 0.853. The third kappa shape index (κ3) is 3.65. The number of urea groups is 1. The average Bonchev–Trinajstić information content (AvgIpc) is 3.19. The summed E-state index contributed by atoms with van der Waals surface area (Å²) >= 11 is 0. The van der Waals surface area contributed by atoms with Crippen LogP contribution in [0, 0.1) is 0 Å². The minimum Gasteiger partial charge on any atom is -0.353 e. The Morgan fingerprint density at radius 3 is 2.78 bits per heavy atom. The lowest BCUT2D eigenvalue weighted by Crippen LogP contribution is -2.40. The Balaban J connectivity index is 1.47. The summed E-state index contributed by atoms with van der Waals surface area (Å²) in [7, 11) is 0. The summed E-state index contributed by atoms with van der Waals surface area (Å²) in [5, 5.41) is 6.74. The van der Waals surface area contributed by atoms with Gasteiger partial charge in [0.15, 0.2) is 0 Å². The highest BCUT2D eigenvalue weighted by Gasteiger charge is 2.30. The van der Waals surface area contributed by atoms with Crippen LogP contribution in [0.5, 0.6) is 0 Å². The van der Waals surface area contributed by atoms with Gasteiger partial charge >= 0.3 is 6.03 Å². The SMILES string of the molecule is O=C(CN1CCN(c2ccccc2)C1=O)NCCn1cncn1. The second-order valence-electron chi connectivity index (χ2n) is 5.20. The average molecular weight is 314 g/mol. The smallest absolute Gasteiger partial charge is 0.325 e. The number of anilines is 1. The van der Waals surface area contributed by atoms with E-state index in [2.05, 4.69) is 15.4 Å². The molecule has 0 saturated carbocycles. The molecule has 0 unspecified atom stereocenters. The largest absolute Gasteiger partial charge is 0.353 e. The van der Waals surface area contributed by atoms with Crippen molar-refractivity contribution in [2.45, 2.75) is 6.54 Å². The first-order valence-electron chi connectivity index (χ1n) is 7.44. The maximum atomic E-state index is 12.4. The van der Waals surface area contributed by atoms with E-state index in [-0.39, 0.29) is 18.5 Å². The maximum absolute atomic E-state index is 12.4. The number of nitrogens with zero attached hydrogens (tertiary/aromatic N) is 5. The summed E-state index contributed by atoms with van der Waals surface area (Å²) in [4.78, 5) is 31.4. The molecule has 0 atom stereocenters. The molecule has 8 nitrogen and oxygen atoms in total. The number of rotatable bonds is 6. The third-order valence-electron chi connectivity index (χ3n) is 3.63. The lowest BCUT2D eigenvalue weighted by atomic mass is 10.3. The van der Waals surface area contributed by atoms with Gasteiger partial charge in [-0.15, -0.1) is 0 Å². The van der Waals surface area contributed by atoms with Gasteiger partial charge in [-0.05, 0) is 12.1 Å². The molecule has 1 fully saturated rings. The van der Waals surface area contributed by atoms with E-state index in [1.807, 2.05) is 30.3 Å². The summed E-state index contributed by atoms with van der Waals surface area (Å²) in [5.74, 6) is -0.173. The lowest BCUT2D eigenvalue weighted by molar-refractivity contribution is -0.121. The highest BCUT2D eigenvalue weighted by Crippen LogP contribution is 2.19. The zero-order valence-corrected chi connectivity index (χ0v) is 12.6. The first-order chi connectivity index (χ1) is 11.2. The van der Waals surface area contributed by atoms with Gasteiger partial charge in [0.05, 0.1) is 6.54 Å². The molecule has 3 rings (SSSR count). The molecular weight excluding hydrogens is 296 g/mol. The van der Waals surface area contributed by atoms with Crippen LogP contribution in [0.2, 0.25) is 0 Å². The van der Waals surface area contributed by atoms with Crippen molar-refractivity contribution in [1.82, 2.24) is 25.0 Å². The van der Waals surface area contributed by atoms with E-state index in [0.29, 0.717) is 26.2 Å². The molecule has 0 spiro atoms. The van der Waals surface area contributed by atoms with E-state index >= 15 is 0 Å². The van der Waals surface area contributed by atoms with Crippen LogP contribution in [0.1, 0.15) is 0 Å². The van der Waals surface area contributed by atoms with Crippen molar-refractivity contribution < 1.29 is 9.59 Å². The Kier molecular flexibility index (Phi) is 4.51. The number of nitrogens with one attached hydrogen (secondary N) is 1. The fourth-order valence-electron chi connectivity index (χ4n) is 2.46. The predicted octanol–water partition coefficient (Wildman–Crippen LogP) is 0.336. The lowest BCUT2D eigenvalue weighted by Gasteiger charge is -2.18. The van der Waals surface area contributed by atoms with Crippen LogP contribution in [0.4, 0.5) is 10.5 Å². The zero-order valence-electron chi connectivity index (χ0n) is 12.6. The summed E-state index contributed by atoms with van der Waals surface area (Å²) < 4.78 is 1.64. The molecule has 1 aliphatic heterocycles. The number of hydrogen-bond donors (Lipinski definition) is 1. The zero-order chi connectivity index (χ0) is 16.1. The standard InChI is InChI=1S/C15H18N6O2/c22-14(17-6-7-20-12-16-11-18-20)10-19-8-9-21(15(19)23)13-4-2-1-3-5-13/h1-5,11-12H,6-10H2,(H,17,22). The molecule has 8 heteroatoms. The van der Waals surface area contributed by atoms with Crippen molar-refractivity contribution in [3.05, 3.63) is 43.0 Å². The first-order valence-corrected chi connectivity index (χ1v) is 7.44. The first kappa shape index (κ1) is 15.0.